The van der Waals surface area contributed by atoms with Crippen molar-refractivity contribution in [3.63, 3.8) is 0 Å². The summed E-state index contributed by atoms with van der Waals surface area (Å²) in [6, 6.07) is 28.6. The van der Waals surface area contributed by atoms with Gasteiger partial charge in [0.1, 0.15) is 24.1 Å². The highest BCUT2D eigenvalue weighted by Crippen LogP contribution is 2.36. The molecule has 4 aromatic rings. The molecule has 2 amide bonds. The first-order valence-corrected chi connectivity index (χ1v) is 17.1. The molecule has 242 valence electrons. The van der Waals surface area contributed by atoms with Crippen molar-refractivity contribution in [2.75, 3.05) is 31.6 Å². The van der Waals surface area contributed by atoms with E-state index >= 15 is 0 Å². The minimum atomic E-state index is -4.30. The fourth-order valence-electron chi connectivity index (χ4n) is 4.98. The predicted molar refractivity (Wildman–Crippen MR) is 182 cm³/mol. The van der Waals surface area contributed by atoms with Crippen molar-refractivity contribution in [2.24, 2.45) is 0 Å². The maximum absolute atomic E-state index is 14.6. The van der Waals surface area contributed by atoms with E-state index in [4.69, 9.17) is 9.47 Å². The van der Waals surface area contributed by atoms with Crippen LogP contribution in [0, 0.1) is 0 Å². The second kappa shape index (κ2) is 16.3. The molecule has 0 aliphatic rings. The van der Waals surface area contributed by atoms with Crippen molar-refractivity contribution in [3.05, 3.63) is 119 Å². The van der Waals surface area contributed by atoms with Crippen LogP contribution >= 0.6 is 15.9 Å². The van der Waals surface area contributed by atoms with Gasteiger partial charge in [-0.2, -0.15) is 0 Å². The third kappa shape index (κ3) is 8.67. The van der Waals surface area contributed by atoms with Crippen molar-refractivity contribution >= 4 is 43.5 Å². The molecular weight excluding hydrogens is 670 g/mol. The van der Waals surface area contributed by atoms with Gasteiger partial charge < -0.3 is 19.7 Å². The Morgan fingerprint density at radius 3 is 2.15 bits per heavy atom. The average Bonchev–Trinajstić information content (AvgIpc) is 3.08. The number of methoxy groups -OCH3 is 2. The largest absolute Gasteiger partial charge is 0.497 e. The van der Waals surface area contributed by atoms with Crippen LogP contribution in [-0.2, 0) is 32.6 Å². The molecule has 1 N–H and O–H groups in total. The van der Waals surface area contributed by atoms with E-state index in [1.807, 2.05) is 61.5 Å². The molecule has 0 spiro atoms. The Hall–Kier alpha value is -4.35. The number of carbonyl (C=O) groups excluding carboxylic acids is 2. The fourth-order valence-corrected chi connectivity index (χ4v) is 6.86. The van der Waals surface area contributed by atoms with Crippen molar-refractivity contribution < 1.29 is 27.5 Å². The highest BCUT2D eigenvalue weighted by Gasteiger charge is 2.35. The summed E-state index contributed by atoms with van der Waals surface area (Å²) in [7, 11) is -1.40. The summed E-state index contributed by atoms with van der Waals surface area (Å²) in [5, 5.41) is 2.95. The molecule has 11 heteroatoms. The standard InChI is InChI=1S/C35H38BrN3O6S/c1-4-20-37-35(41)32(22-26-12-7-5-8-13-26)38(24-27-14-11-15-28(36)21-27)34(40)25-39(46(42,43)30-16-9-6-10-17-30)31-23-29(44-2)18-19-33(31)45-3/h5-19,21,23,32H,4,20,22,24-25H2,1-3H3,(H,37,41). The van der Waals surface area contributed by atoms with Crippen LogP contribution in [0.25, 0.3) is 0 Å². The molecule has 1 unspecified atom stereocenters. The van der Waals surface area contributed by atoms with E-state index in [1.165, 1.54) is 37.3 Å². The van der Waals surface area contributed by atoms with Gasteiger partial charge in [-0.25, -0.2) is 8.42 Å². The number of rotatable bonds is 15. The lowest BCUT2D eigenvalue weighted by molar-refractivity contribution is -0.140. The number of ether oxygens (including phenoxy) is 2. The molecule has 0 heterocycles. The minimum Gasteiger partial charge on any atom is -0.497 e. The van der Waals surface area contributed by atoms with Crippen molar-refractivity contribution in [2.45, 2.75) is 37.2 Å². The van der Waals surface area contributed by atoms with Gasteiger partial charge in [0.05, 0.1) is 24.8 Å². The summed E-state index contributed by atoms with van der Waals surface area (Å²) in [4.78, 5) is 29.9. The number of anilines is 1. The zero-order valence-electron chi connectivity index (χ0n) is 26.1. The monoisotopic (exact) mass is 707 g/mol. The minimum absolute atomic E-state index is 0.00672. The lowest BCUT2D eigenvalue weighted by Crippen LogP contribution is -2.53. The number of sulfonamides is 1. The van der Waals surface area contributed by atoms with Crippen LogP contribution in [0.15, 0.2) is 112 Å². The van der Waals surface area contributed by atoms with Crippen LogP contribution in [0.4, 0.5) is 5.69 Å². The molecule has 4 aromatic carbocycles. The molecule has 0 fully saturated rings. The number of carbonyl (C=O) groups is 2. The molecule has 0 aliphatic carbocycles. The number of nitrogens with one attached hydrogen (secondary N) is 1. The van der Waals surface area contributed by atoms with Gasteiger partial charge in [0.2, 0.25) is 11.8 Å². The molecule has 1 atom stereocenters. The van der Waals surface area contributed by atoms with Crippen LogP contribution in [-0.4, -0.2) is 58.5 Å². The molecule has 0 radical (unpaired) electrons. The highest BCUT2D eigenvalue weighted by atomic mass is 79.9. The van der Waals surface area contributed by atoms with E-state index in [9.17, 15) is 18.0 Å². The summed E-state index contributed by atoms with van der Waals surface area (Å²) >= 11 is 3.50. The quantitative estimate of drug-likeness (QED) is 0.167. The van der Waals surface area contributed by atoms with Crippen LogP contribution in [0.3, 0.4) is 0 Å². The maximum Gasteiger partial charge on any atom is 0.264 e. The lowest BCUT2D eigenvalue weighted by Gasteiger charge is -2.34. The summed E-state index contributed by atoms with van der Waals surface area (Å²) in [6.45, 7) is 1.83. The predicted octanol–water partition coefficient (Wildman–Crippen LogP) is 5.83. The van der Waals surface area contributed by atoms with Crippen LogP contribution in [0.1, 0.15) is 24.5 Å². The normalized spacial score (nSPS) is 11.7. The van der Waals surface area contributed by atoms with Gasteiger partial charge in [-0.15, -0.1) is 0 Å². The van der Waals surface area contributed by atoms with Crippen LogP contribution in [0.2, 0.25) is 0 Å². The first-order valence-electron chi connectivity index (χ1n) is 14.8. The number of benzene rings is 4. The van der Waals surface area contributed by atoms with Gasteiger partial charge in [0, 0.05) is 30.0 Å². The molecule has 46 heavy (non-hydrogen) atoms. The fraction of sp³-hybridized carbons (Fsp3) is 0.257. The van der Waals surface area contributed by atoms with Gasteiger partial charge in [0.25, 0.3) is 10.0 Å². The SMILES string of the molecule is CCCNC(=O)C(Cc1ccccc1)N(Cc1cccc(Br)c1)C(=O)CN(c1cc(OC)ccc1OC)S(=O)(=O)c1ccccc1. The number of nitrogens with zero attached hydrogens (tertiary/aromatic N) is 2. The first kappa shape index (κ1) is 34.5. The van der Waals surface area contributed by atoms with Gasteiger partial charge in [-0.3, -0.25) is 13.9 Å². The Morgan fingerprint density at radius 1 is 0.848 bits per heavy atom. The topological polar surface area (TPSA) is 105 Å². The number of hydrogen-bond donors (Lipinski definition) is 1. The van der Waals surface area contributed by atoms with Crippen molar-refractivity contribution in [1.82, 2.24) is 10.2 Å². The zero-order chi connectivity index (χ0) is 33.1. The molecule has 0 aliphatic heterocycles. The molecule has 0 bridgehead atoms. The van der Waals surface area contributed by atoms with E-state index in [0.29, 0.717) is 18.7 Å². The lowest BCUT2D eigenvalue weighted by atomic mass is 10.0. The molecule has 0 aromatic heterocycles. The number of halogens is 1. The third-order valence-corrected chi connectivity index (χ3v) is 9.59. The third-order valence-electron chi connectivity index (χ3n) is 7.33. The van der Waals surface area contributed by atoms with Crippen molar-refractivity contribution in [3.8, 4) is 11.5 Å². The van der Waals surface area contributed by atoms with Crippen molar-refractivity contribution in [1.29, 1.82) is 0 Å². The zero-order valence-corrected chi connectivity index (χ0v) is 28.5. The van der Waals surface area contributed by atoms with E-state index in [1.54, 1.807) is 30.3 Å². The molecular formula is C35H38BrN3O6S. The smallest absolute Gasteiger partial charge is 0.264 e. The van der Waals surface area contributed by atoms with Crippen LogP contribution < -0.4 is 19.1 Å². The summed E-state index contributed by atoms with van der Waals surface area (Å²) in [6.07, 6.45) is 0.937. The first-order chi connectivity index (χ1) is 22.2. The second-order valence-electron chi connectivity index (χ2n) is 10.5. The van der Waals surface area contributed by atoms with E-state index in [0.717, 1.165) is 19.9 Å². The van der Waals surface area contributed by atoms with E-state index in [-0.39, 0.29) is 35.2 Å². The Labute approximate surface area is 279 Å². The summed E-state index contributed by atoms with van der Waals surface area (Å²) < 4.78 is 41.3. The Kier molecular flexibility index (Phi) is 12.2. The van der Waals surface area contributed by atoms with Gasteiger partial charge in [-0.1, -0.05) is 83.5 Å². The second-order valence-corrected chi connectivity index (χ2v) is 13.3. The highest BCUT2D eigenvalue weighted by molar-refractivity contribution is 9.10. The molecule has 0 saturated heterocycles. The Morgan fingerprint density at radius 2 is 1.52 bits per heavy atom. The van der Waals surface area contributed by atoms with Crippen LogP contribution in [0.5, 0.6) is 11.5 Å². The van der Waals surface area contributed by atoms with Gasteiger partial charge in [-0.05, 0) is 53.9 Å². The number of hydrogen-bond acceptors (Lipinski definition) is 6. The Balaban J connectivity index is 1.85. The number of amides is 2. The maximum atomic E-state index is 14.6. The van der Waals surface area contributed by atoms with E-state index in [2.05, 4.69) is 21.2 Å². The van der Waals surface area contributed by atoms with Gasteiger partial charge in [0.15, 0.2) is 0 Å². The average molecular weight is 709 g/mol. The van der Waals surface area contributed by atoms with Gasteiger partial charge >= 0.3 is 0 Å². The molecule has 0 saturated carbocycles. The summed E-state index contributed by atoms with van der Waals surface area (Å²) in [5.74, 6) is -0.293. The van der Waals surface area contributed by atoms with E-state index < -0.39 is 28.5 Å². The summed E-state index contributed by atoms with van der Waals surface area (Å²) in [5.41, 5.74) is 1.74. The molecule has 9 nitrogen and oxygen atoms in total. The Bertz CT molecular complexity index is 1720. The molecule has 4 rings (SSSR count).